The molecule has 1 N–H and O–H groups in total. The van der Waals surface area contributed by atoms with Crippen molar-refractivity contribution in [3.63, 3.8) is 0 Å². The zero-order valence-electron chi connectivity index (χ0n) is 10.1. The largest absolute Gasteiger partial charge is 0.483 e. The highest BCUT2D eigenvalue weighted by Crippen LogP contribution is 2.47. The molecule has 98 valence electrons. The van der Waals surface area contributed by atoms with Gasteiger partial charge in [0.05, 0.1) is 10.0 Å². The summed E-state index contributed by atoms with van der Waals surface area (Å²) in [7, 11) is 0. The van der Waals surface area contributed by atoms with E-state index in [0.29, 0.717) is 27.4 Å². The molecule has 0 amide bonds. The van der Waals surface area contributed by atoms with E-state index >= 15 is 0 Å². The predicted molar refractivity (Wildman–Crippen MR) is 71.3 cm³/mol. The Morgan fingerprint density at radius 2 is 1.72 bits per heavy atom. The molecular weight excluding hydrogens is 275 g/mol. The first-order chi connectivity index (χ1) is 8.43. The van der Waals surface area contributed by atoms with E-state index in [-0.39, 0.29) is 18.2 Å². The van der Waals surface area contributed by atoms with Crippen molar-refractivity contribution in [1.82, 2.24) is 0 Å². The van der Waals surface area contributed by atoms with Crippen LogP contribution in [0.4, 0.5) is 0 Å². The van der Waals surface area contributed by atoms with Crippen molar-refractivity contribution in [3.05, 3.63) is 33.8 Å². The summed E-state index contributed by atoms with van der Waals surface area (Å²) in [6.45, 7) is 3.95. The van der Waals surface area contributed by atoms with Gasteiger partial charge in [0, 0.05) is 11.5 Å². The zero-order chi connectivity index (χ0) is 13.9. The van der Waals surface area contributed by atoms with Gasteiger partial charge in [-0.15, -0.1) is 0 Å². The van der Waals surface area contributed by atoms with Crippen LogP contribution in [-0.4, -0.2) is 17.4 Å². The molecule has 0 bridgehead atoms. The van der Waals surface area contributed by atoms with Gasteiger partial charge in [-0.1, -0.05) is 37.0 Å². The smallest absolute Gasteiger partial charge is 0.290 e. The SMILES string of the molecule is CC1C(C(=O)c2ccc(Cl)c(Cl)c2)[C@H]1C.O=CO. The highest BCUT2D eigenvalue weighted by atomic mass is 35.5. The number of carbonyl (C=O) groups excluding carboxylic acids is 1. The minimum absolute atomic E-state index is 0.169. The number of hydrogen-bond acceptors (Lipinski definition) is 2. The average molecular weight is 289 g/mol. The molecule has 1 aromatic rings. The fourth-order valence-electron chi connectivity index (χ4n) is 1.98. The molecule has 0 saturated heterocycles. The third-order valence-electron chi connectivity index (χ3n) is 3.33. The first kappa shape index (κ1) is 15.0. The van der Waals surface area contributed by atoms with Gasteiger partial charge in [-0.2, -0.15) is 0 Å². The molecule has 5 heteroatoms. The summed E-state index contributed by atoms with van der Waals surface area (Å²) in [6, 6.07) is 5.08. The van der Waals surface area contributed by atoms with Crippen molar-refractivity contribution >= 4 is 35.5 Å². The number of carbonyl (C=O) groups is 2. The molecule has 1 aliphatic rings. The van der Waals surface area contributed by atoms with Gasteiger partial charge in [-0.25, -0.2) is 0 Å². The van der Waals surface area contributed by atoms with Gasteiger partial charge in [0.15, 0.2) is 5.78 Å². The number of halogens is 2. The van der Waals surface area contributed by atoms with Crippen molar-refractivity contribution in [2.45, 2.75) is 13.8 Å². The summed E-state index contributed by atoms with van der Waals surface area (Å²) in [4.78, 5) is 20.4. The molecular formula is C13H14Cl2O3. The normalized spacial score (nSPS) is 24.8. The minimum atomic E-state index is -0.250. The molecule has 18 heavy (non-hydrogen) atoms. The van der Waals surface area contributed by atoms with E-state index < -0.39 is 0 Å². The van der Waals surface area contributed by atoms with Crippen molar-refractivity contribution in [2.75, 3.05) is 0 Å². The molecule has 2 unspecified atom stereocenters. The lowest BCUT2D eigenvalue weighted by Gasteiger charge is -2.01. The van der Waals surface area contributed by atoms with Crippen molar-refractivity contribution in [2.24, 2.45) is 17.8 Å². The number of ketones is 1. The molecule has 0 radical (unpaired) electrons. The molecule has 1 fully saturated rings. The fraction of sp³-hybridized carbons (Fsp3) is 0.385. The summed E-state index contributed by atoms with van der Waals surface area (Å²) in [5, 5.41) is 7.83. The number of Topliss-reactive ketones (excluding diaryl/α,β-unsaturated/α-hetero) is 1. The van der Waals surface area contributed by atoms with Crippen LogP contribution in [0.25, 0.3) is 0 Å². The molecule has 0 heterocycles. The van der Waals surface area contributed by atoms with Gasteiger partial charge >= 0.3 is 0 Å². The van der Waals surface area contributed by atoms with Crippen LogP contribution < -0.4 is 0 Å². The van der Waals surface area contributed by atoms with E-state index in [1.807, 2.05) is 0 Å². The zero-order valence-corrected chi connectivity index (χ0v) is 11.6. The Balaban J connectivity index is 0.000000492. The van der Waals surface area contributed by atoms with Gasteiger partial charge in [0.1, 0.15) is 0 Å². The van der Waals surface area contributed by atoms with Crippen LogP contribution in [-0.2, 0) is 4.79 Å². The van der Waals surface area contributed by atoms with Crippen LogP contribution in [0.2, 0.25) is 10.0 Å². The average Bonchev–Trinajstić information content (AvgIpc) is 2.91. The third-order valence-corrected chi connectivity index (χ3v) is 4.07. The Morgan fingerprint density at radius 1 is 1.22 bits per heavy atom. The molecule has 0 aromatic heterocycles. The predicted octanol–water partition coefficient (Wildman–Crippen LogP) is 3.78. The number of carboxylic acid groups (broad SMARTS) is 1. The molecule has 0 spiro atoms. The second-order valence-electron chi connectivity index (χ2n) is 4.34. The summed E-state index contributed by atoms with van der Waals surface area (Å²) >= 11 is 11.7. The molecule has 3 atom stereocenters. The fourth-order valence-corrected chi connectivity index (χ4v) is 2.28. The van der Waals surface area contributed by atoms with E-state index in [1.54, 1.807) is 18.2 Å². The lowest BCUT2D eigenvalue weighted by molar-refractivity contribution is -0.122. The van der Waals surface area contributed by atoms with Crippen LogP contribution in [0, 0.1) is 17.8 Å². The third kappa shape index (κ3) is 3.24. The van der Waals surface area contributed by atoms with Crippen LogP contribution in [0.3, 0.4) is 0 Å². The first-order valence-electron chi connectivity index (χ1n) is 5.51. The van der Waals surface area contributed by atoms with Crippen LogP contribution in [0.1, 0.15) is 24.2 Å². The molecule has 1 saturated carbocycles. The number of hydrogen-bond donors (Lipinski definition) is 1. The van der Waals surface area contributed by atoms with Crippen molar-refractivity contribution < 1.29 is 14.7 Å². The van der Waals surface area contributed by atoms with Crippen molar-refractivity contribution in [1.29, 1.82) is 0 Å². The summed E-state index contributed by atoms with van der Waals surface area (Å²) in [5.74, 6) is 1.34. The first-order valence-corrected chi connectivity index (χ1v) is 6.26. The maximum Gasteiger partial charge on any atom is 0.290 e. The minimum Gasteiger partial charge on any atom is -0.483 e. The Hall–Kier alpha value is -1.06. The monoisotopic (exact) mass is 288 g/mol. The van der Waals surface area contributed by atoms with Gasteiger partial charge in [0.25, 0.3) is 6.47 Å². The number of rotatable bonds is 2. The van der Waals surface area contributed by atoms with E-state index in [9.17, 15) is 4.79 Å². The maximum absolute atomic E-state index is 12.0. The van der Waals surface area contributed by atoms with Crippen LogP contribution >= 0.6 is 23.2 Å². The van der Waals surface area contributed by atoms with E-state index in [4.69, 9.17) is 33.1 Å². The van der Waals surface area contributed by atoms with Gasteiger partial charge in [0.2, 0.25) is 0 Å². The molecule has 1 aliphatic carbocycles. The second-order valence-corrected chi connectivity index (χ2v) is 5.16. The topological polar surface area (TPSA) is 54.4 Å². The molecule has 2 rings (SSSR count). The quantitative estimate of drug-likeness (QED) is 0.666. The molecule has 1 aromatic carbocycles. The van der Waals surface area contributed by atoms with E-state index in [1.165, 1.54) is 0 Å². The standard InChI is InChI=1S/C12H12Cl2O.CH2O2/c1-6-7(2)11(6)12(15)8-3-4-9(13)10(14)5-8;2-1-3/h3-7,11H,1-2H3;1H,(H,2,3)/t6-,7?,11?;/m0./s1. The molecule has 0 aliphatic heterocycles. The molecule has 3 nitrogen and oxygen atoms in total. The lowest BCUT2D eigenvalue weighted by Crippen LogP contribution is -2.03. The maximum atomic E-state index is 12.0. The van der Waals surface area contributed by atoms with Crippen LogP contribution in [0.15, 0.2) is 18.2 Å². The Bertz CT molecular complexity index is 452. The van der Waals surface area contributed by atoms with Gasteiger partial charge < -0.3 is 5.11 Å². The summed E-state index contributed by atoms with van der Waals surface area (Å²) in [5.41, 5.74) is 0.672. The van der Waals surface area contributed by atoms with E-state index in [0.717, 1.165) is 0 Å². The Labute approximate surface area is 116 Å². The van der Waals surface area contributed by atoms with E-state index in [2.05, 4.69) is 13.8 Å². The lowest BCUT2D eigenvalue weighted by atomic mass is 10.1. The van der Waals surface area contributed by atoms with Crippen molar-refractivity contribution in [3.8, 4) is 0 Å². The summed E-state index contributed by atoms with van der Waals surface area (Å²) in [6.07, 6.45) is 0. The van der Waals surface area contributed by atoms with Gasteiger partial charge in [-0.05, 0) is 30.0 Å². The second kappa shape index (κ2) is 6.21. The Morgan fingerprint density at radius 3 is 2.11 bits per heavy atom. The highest BCUT2D eigenvalue weighted by Gasteiger charge is 2.48. The highest BCUT2D eigenvalue weighted by molar-refractivity contribution is 6.42. The van der Waals surface area contributed by atoms with Crippen LogP contribution in [0.5, 0.6) is 0 Å². The van der Waals surface area contributed by atoms with Gasteiger partial charge in [-0.3, -0.25) is 9.59 Å². The number of benzene rings is 1. The Kier molecular flexibility index (Phi) is 5.17. The summed E-state index contributed by atoms with van der Waals surface area (Å²) < 4.78 is 0.